The summed E-state index contributed by atoms with van der Waals surface area (Å²) >= 11 is 0. The van der Waals surface area contributed by atoms with E-state index >= 15 is 0 Å². The summed E-state index contributed by atoms with van der Waals surface area (Å²) in [5.41, 5.74) is 9.89. The Morgan fingerprint density at radius 2 is 0.397 bits per heavy atom. The molecule has 0 spiro atoms. The van der Waals surface area contributed by atoms with Gasteiger partial charge in [0.2, 0.25) is 0 Å². The molecule has 0 saturated carbocycles. The minimum absolute atomic E-state index is 1.23. The Hall–Kier alpha value is -7.54. The van der Waals surface area contributed by atoms with Gasteiger partial charge in [0.25, 0.3) is 0 Å². The third-order valence-electron chi connectivity index (χ3n) is 12.4. The predicted octanol–water partition coefficient (Wildman–Crippen LogP) is 16.4. The lowest BCUT2D eigenvalue weighted by Gasteiger charge is -2.13. The maximum absolute atomic E-state index is 2.39. The number of benzene rings is 12. The van der Waals surface area contributed by atoms with Crippen LogP contribution in [-0.4, -0.2) is 0 Å². The Kier molecular flexibility index (Phi) is 7.33. The van der Waals surface area contributed by atoms with E-state index in [0.717, 1.165) is 0 Å². The molecule has 58 heavy (non-hydrogen) atoms. The zero-order valence-corrected chi connectivity index (χ0v) is 31.8. The van der Waals surface area contributed by atoms with Gasteiger partial charge in [-0.1, -0.05) is 182 Å². The van der Waals surface area contributed by atoms with Gasteiger partial charge in [-0.2, -0.15) is 0 Å². The summed E-state index contributed by atoms with van der Waals surface area (Å²) < 4.78 is 0. The fourth-order valence-electron chi connectivity index (χ4n) is 9.32. The molecule has 0 amide bonds. The second-order valence-corrected chi connectivity index (χ2v) is 15.7. The molecule has 0 unspecified atom stereocenters. The van der Waals surface area contributed by atoms with E-state index in [2.05, 4.69) is 218 Å². The highest BCUT2D eigenvalue weighted by Gasteiger charge is 2.12. The monoisotopic (exact) mass is 732 g/mol. The molecule has 0 atom stereocenters. The highest BCUT2D eigenvalue weighted by atomic mass is 14.2. The van der Waals surface area contributed by atoms with Gasteiger partial charge in [0.1, 0.15) is 0 Å². The van der Waals surface area contributed by atoms with Crippen molar-refractivity contribution in [3.63, 3.8) is 0 Å². The topological polar surface area (TPSA) is 0 Å². The van der Waals surface area contributed by atoms with Crippen LogP contribution in [0.3, 0.4) is 0 Å². The maximum atomic E-state index is 2.39. The van der Waals surface area contributed by atoms with Crippen LogP contribution in [0.15, 0.2) is 218 Å². The van der Waals surface area contributed by atoms with Crippen molar-refractivity contribution in [1.82, 2.24) is 0 Å². The first-order valence-corrected chi connectivity index (χ1v) is 20.1. The average Bonchev–Trinajstić information content (AvgIpc) is 3.30. The Balaban J connectivity index is 0.935. The van der Waals surface area contributed by atoms with Crippen molar-refractivity contribution in [3.8, 4) is 44.5 Å². The van der Waals surface area contributed by atoms with E-state index < -0.39 is 0 Å². The molecule has 0 aliphatic heterocycles. The highest BCUT2D eigenvalue weighted by Crippen LogP contribution is 2.39. The summed E-state index contributed by atoms with van der Waals surface area (Å²) in [5.74, 6) is 0. The van der Waals surface area contributed by atoms with Crippen molar-refractivity contribution < 1.29 is 0 Å². The Labute approximate surface area is 336 Å². The Morgan fingerprint density at radius 1 is 0.138 bits per heavy atom. The summed E-state index contributed by atoms with van der Waals surface area (Å²) in [5, 5.41) is 17.8. The number of fused-ring (bicyclic) bond motifs is 11. The first-order chi connectivity index (χ1) is 28.7. The quantitative estimate of drug-likeness (QED) is 0.158. The molecule has 0 aliphatic carbocycles. The third-order valence-corrected chi connectivity index (χ3v) is 12.4. The van der Waals surface area contributed by atoms with Crippen molar-refractivity contribution in [3.05, 3.63) is 218 Å². The Morgan fingerprint density at radius 3 is 0.793 bits per heavy atom. The lowest BCUT2D eigenvalue weighted by molar-refractivity contribution is 1.65. The van der Waals surface area contributed by atoms with E-state index in [1.807, 2.05) is 0 Å². The second-order valence-electron chi connectivity index (χ2n) is 15.7. The molecule has 0 heteroatoms. The molecule has 0 aliphatic rings. The summed E-state index contributed by atoms with van der Waals surface area (Å²) in [6.07, 6.45) is 0. The molecular formula is C58H36. The van der Waals surface area contributed by atoms with Crippen LogP contribution in [0.2, 0.25) is 0 Å². The van der Waals surface area contributed by atoms with Gasteiger partial charge in [0.05, 0.1) is 0 Å². The van der Waals surface area contributed by atoms with Gasteiger partial charge in [0, 0.05) is 0 Å². The molecule has 0 nitrogen and oxygen atoms in total. The van der Waals surface area contributed by atoms with Crippen LogP contribution in [0, 0.1) is 0 Å². The Bertz CT molecular complexity index is 3350. The van der Waals surface area contributed by atoms with Crippen LogP contribution in [0.25, 0.3) is 120 Å². The minimum atomic E-state index is 1.23. The first-order valence-electron chi connectivity index (χ1n) is 20.1. The van der Waals surface area contributed by atoms with Crippen molar-refractivity contribution in [2.45, 2.75) is 0 Å². The molecule has 0 radical (unpaired) electrons. The molecule has 12 aromatic rings. The van der Waals surface area contributed by atoms with Crippen LogP contribution in [0.1, 0.15) is 0 Å². The summed E-state index contributed by atoms with van der Waals surface area (Å²) in [4.78, 5) is 0. The predicted molar refractivity (Wildman–Crippen MR) is 251 cm³/mol. The van der Waals surface area contributed by atoms with Gasteiger partial charge < -0.3 is 0 Å². The van der Waals surface area contributed by atoms with E-state index in [1.54, 1.807) is 0 Å². The van der Waals surface area contributed by atoms with Gasteiger partial charge >= 0.3 is 0 Å². The van der Waals surface area contributed by atoms with Crippen molar-refractivity contribution in [2.75, 3.05) is 0 Å². The van der Waals surface area contributed by atoms with Crippen LogP contribution in [0.5, 0.6) is 0 Å². The van der Waals surface area contributed by atoms with Gasteiger partial charge in [-0.3, -0.25) is 0 Å². The molecular weight excluding hydrogens is 697 g/mol. The van der Waals surface area contributed by atoms with Gasteiger partial charge in [-0.15, -0.1) is 0 Å². The molecule has 0 aromatic heterocycles. The fourth-order valence-corrected chi connectivity index (χ4v) is 9.32. The van der Waals surface area contributed by atoms with E-state index in [1.165, 1.54) is 120 Å². The van der Waals surface area contributed by atoms with E-state index in [9.17, 15) is 0 Å². The van der Waals surface area contributed by atoms with Crippen LogP contribution < -0.4 is 0 Å². The minimum Gasteiger partial charge on any atom is -0.0622 e. The fraction of sp³-hybridized carbons (Fsp3) is 0. The molecule has 268 valence electrons. The van der Waals surface area contributed by atoms with Crippen LogP contribution >= 0.6 is 0 Å². The molecule has 0 N–H and O–H groups in total. The van der Waals surface area contributed by atoms with Crippen molar-refractivity contribution >= 4 is 75.4 Å². The molecule has 0 bridgehead atoms. The molecule has 12 aromatic carbocycles. The standard InChI is InChI=1S/C58H36/c1-3-7-37(8-4-1)45-17-11-39-15-21-49-31-43(25-27-51(49)55(39)33-45)47-19-13-41-23-30-54-53(57(41)35-47)29-24-42-14-20-48(36-58(42)54)44-26-28-52-50(32-44)22-16-40-12-18-46(34-56(40)52)38-9-5-2-6-10-38/h1-36H. The van der Waals surface area contributed by atoms with Crippen molar-refractivity contribution in [1.29, 1.82) is 0 Å². The number of hydrogen-bond acceptors (Lipinski definition) is 0. The lowest BCUT2D eigenvalue weighted by atomic mass is 9.91. The summed E-state index contributed by atoms with van der Waals surface area (Å²) in [7, 11) is 0. The maximum Gasteiger partial charge on any atom is -0.00987 e. The van der Waals surface area contributed by atoms with Gasteiger partial charge in [0.15, 0.2) is 0 Å². The smallest absolute Gasteiger partial charge is 0.00987 e. The average molecular weight is 733 g/mol. The summed E-state index contributed by atoms with van der Waals surface area (Å²) in [6.45, 7) is 0. The third kappa shape index (κ3) is 5.38. The van der Waals surface area contributed by atoms with Gasteiger partial charge in [-0.05, 0) is 156 Å². The molecule has 0 saturated heterocycles. The molecule has 0 fully saturated rings. The number of rotatable bonds is 4. The van der Waals surface area contributed by atoms with Crippen molar-refractivity contribution in [2.24, 2.45) is 0 Å². The van der Waals surface area contributed by atoms with Crippen LogP contribution in [0.4, 0.5) is 0 Å². The summed E-state index contributed by atoms with van der Waals surface area (Å²) in [6, 6.07) is 81.0. The van der Waals surface area contributed by atoms with Crippen LogP contribution in [-0.2, 0) is 0 Å². The second kappa shape index (κ2) is 13.0. The molecule has 0 heterocycles. The number of hydrogen-bond donors (Lipinski definition) is 0. The normalized spacial score (nSPS) is 11.8. The zero-order chi connectivity index (χ0) is 38.2. The zero-order valence-electron chi connectivity index (χ0n) is 31.8. The van der Waals surface area contributed by atoms with E-state index in [4.69, 9.17) is 0 Å². The van der Waals surface area contributed by atoms with E-state index in [0.29, 0.717) is 0 Å². The lowest BCUT2D eigenvalue weighted by Crippen LogP contribution is -1.86. The van der Waals surface area contributed by atoms with Gasteiger partial charge in [-0.25, -0.2) is 0 Å². The van der Waals surface area contributed by atoms with E-state index in [-0.39, 0.29) is 0 Å². The first kappa shape index (κ1) is 32.7. The largest absolute Gasteiger partial charge is 0.0622 e. The highest BCUT2D eigenvalue weighted by molar-refractivity contribution is 6.19. The SMILES string of the molecule is c1ccc(-c2ccc3ccc4cc(-c5ccc6ccc7c8cc(-c9ccc%10c(ccc%11ccc(-c%12ccccc%12)cc%11%10)c9)ccc8ccc7c6c5)ccc4c3c2)cc1. The molecule has 12 rings (SSSR count).